The number of carbonyl (C=O) groups excluding carboxylic acids is 4. The van der Waals surface area contributed by atoms with Crippen LogP contribution in [0.4, 0.5) is 10.7 Å². The number of esters is 2. The summed E-state index contributed by atoms with van der Waals surface area (Å²) in [4.78, 5) is 59.3. The molecule has 1 heterocycles. The van der Waals surface area contributed by atoms with Gasteiger partial charge in [0.2, 0.25) is 0 Å². The molecule has 2 N–H and O–H groups in total. The predicted octanol–water partition coefficient (Wildman–Crippen LogP) is 2.23. The lowest BCUT2D eigenvalue weighted by Gasteiger charge is -2.08. The maximum atomic E-state index is 12.3. The van der Waals surface area contributed by atoms with Crippen LogP contribution in [-0.2, 0) is 25.5 Å². The van der Waals surface area contributed by atoms with Crippen LogP contribution >= 0.6 is 11.3 Å². The summed E-state index contributed by atoms with van der Waals surface area (Å²) >= 11 is 0.883. The Morgan fingerprint density at radius 1 is 1.16 bits per heavy atom. The number of nitro benzene ring substituents is 1. The van der Waals surface area contributed by atoms with Crippen LogP contribution in [0.3, 0.4) is 0 Å². The monoisotopic (exact) mass is 463 g/mol. The lowest BCUT2D eigenvalue weighted by atomic mass is 10.1. The first kappa shape index (κ1) is 24.5. The van der Waals surface area contributed by atoms with E-state index in [0.29, 0.717) is 5.56 Å². The Bertz CT molecular complexity index is 1060. The highest BCUT2D eigenvalue weighted by Crippen LogP contribution is 2.33. The minimum atomic E-state index is -0.839. The van der Waals surface area contributed by atoms with E-state index in [1.807, 2.05) is 0 Å². The number of nitro groups is 1. The van der Waals surface area contributed by atoms with Crippen LogP contribution in [0.5, 0.6) is 0 Å². The van der Waals surface area contributed by atoms with Gasteiger partial charge in [0.05, 0.1) is 28.4 Å². The quantitative estimate of drug-likeness (QED) is 0.326. The standard InChI is InChI=1S/C20H21N3O8S/c1-4-30-20(27)16-11(2)17(18(26)21-3)32-19(16)22-14(24)10-31-15(25)9-12-7-5-6-8-13(12)23(28)29/h5-8H,4,9-10H2,1-3H3,(H,21,26)(H,22,24). The molecule has 0 atom stereocenters. The van der Waals surface area contributed by atoms with Gasteiger partial charge in [0.1, 0.15) is 5.00 Å². The number of thiophene rings is 1. The second-order valence-electron chi connectivity index (χ2n) is 6.33. The van der Waals surface area contributed by atoms with Crippen molar-refractivity contribution in [1.29, 1.82) is 0 Å². The Hall–Kier alpha value is -3.80. The van der Waals surface area contributed by atoms with Gasteiger partial charge >= 0.3 is 11.9 Å². The van der Waals surface area contributed by atoms with Crippen molar-refractivity contribution in [2.45, 2.75) is 20.3 Å². The smallest absolute Gasteiger partial charge is 0.341 e. The van der Waals surface area contributed by atoms with Crippen molar-refractivity contribution in [3.63, 3.8) is 0 Å². The van der Waals surface area contributed by atoms with Crippen LogP contribution in [0, 0.1) is 17.0 Å². The van der Waals surface area contributed by atoms with Gasteiger partial charge < -0.3 is 20.1 Å². The number of hydrogen-bond donors (Lipinski definition) is 2. The molecule has 170 valence electrons. The maximum absolute atomic E-state index is 12.3. The highest BCUT2D eigenvalue weighted by Gasteiger charge is 2.26. The van der Waals surface area contributed by atoms with Crippen molar-refractivity contribution in [1.82, 2.24) is 5.32 Å². The van der Waals surface area contributed by atoms with Crippen molar-refractivity contribution in [2.75, 3.05) is 25.6 Å². The summed E-state index contributed by atoms with van der Waals surface area (Å²) in [6.07, 6.45) is -0.391. The van der Waals surface area contributed by atoms with Crippen LogP contribution in [0.1, 0.15) is 38.1 Å². The second kappa shape index (κ2) is 11.0. The summed E-state index contributed by atoms with van der Waals surface area (Å²) in [7, 11) is 1.43. The molecule has 0 aliphatic rings. The first-order valence-electron chi connectivity index (χ1n) is 9.39. The molecule has 2 rings (SSSR count). The Morgan fingerprint density at radius 2 is 1.84 bits per heavy atom. The fourth-order valence-electron chi connectivity index (χ4n) is 2.73. The molecule has 1 aromatic heterocycles. The third kappa shape index (κ3) is 5.88. The minimum Gasteiger partial charge on any atom is -0.462 e. The Labute approximate surface area is 186 Å². The van der Waals surface area contributed by atoms with E-state index in [2.05, 4.69) is 10.6 Å². The Kier molecular flexibility index (Phi) is 8.41. The molecule has 0 aliphatic heterocycles. The molecule has 2 amide bonds. The highest BCUT2D eigenvalue weighted by atomic mass is 32.1. The van der Waals surface area contributed by atoms with Crippen molar-refractivity contribution in [2.24, 2.45) is 0 Å². The number of amides is 2. The number of ether oxygens (including phenoxy) is 2. The molecule has 2 aromatic rings. The average Bonchev–Trinajstić information content (AvgIpc) is 3.07. The summed E-state index contributed by atoms with van der Waals surface area (Å²) in [5.41, 5.74) is 0.298. The van der Waals surface area contributed by atoms with E-state index < -0.39 is 41.7 Å². The van der Waals surface area contributed by atoms with Gasteiger partial charge in [-0.05, 0) is 19.4 Å². The van der Waals surface area contributed by atoms with Crippen LogP contribution in [-0.4, -0.2) is 48.9 Å². The van der Waals surface area contributed by atoms with Gasteiger partial charge in [-0.1, -0.05) is 18.2 Å². The van der Waals surface area contributed by atoms with E-state index in [4.69, 9.17) is 9.47 Å². The molecule has 11 nitrogen and oxygen atoms in total. The first-order valence-corrected chi connectivity index (χ1v) is 10.2. The van der Waals surface area contributed by atoms with E-state index in [-0.39, 0.29) is 33.3 Å². The lowest BCUT2D eigenvalue weighted by Crippen LogP contribution is -2.22. The third-order valence-corrected chi connectivity index (χ3v) is 5.41. The zero-order valence-corrected chi connectivity index (χ0v) is 18.4. The molecular formula is C20H21N3O8S. The number of benzene rings is 1. The highest BCUT2D eigenvalue weighted by molar-refractivity contribution is 7.18. The summed E-state index contributed by atoms with van der Waals surface area (Å²) < 4.78 is 9.90. The fourth-order valence-corrected chi connectivity index (χ4v) is 3.89. The number of hydrogen-bond acceptors (Lipinski definition) is 9. The molecule has 0 radical (unpaired) electrons. The van der Waals surface area contributed by atoms with E-state index in [1.54, 1.807) is 19.9 Å². The molecule has 0 saturated heterocycles. The van der Waals surface area contributed by atoms with Gasteiger partial charge in [-0.25, -0.2) is 4.79 Å². The molecule has 0 saturated carbocycles. The van der Waals surface area contributed by atoms with Crippen molar-refractivity contribution >= 4 is 45.8 Å². The molecule has 0 fully saturated rings. The van der Waals surface area contributed by atoms with E-state index >= 15 is 0 Å². The zero-order valence-electron chi connectivity index (χ0n) is 17.6. The van der Waals surface area contributed by atoms with Gasteiger partial charge in [-0.3, -0.25) is 24.5 Å². The molecule has 0 spiro atoms. The van der Waals surface area contributed by atoms with Crippen molar-refractivity contribution < 1.29 is 33.6 Å². The van der Waals surface area contributed by atoms with E-state index in [0.717, 1.165) is 11.3 Å². The Balaban J connectivity index is 2.09. The summed E-state index contributed by atoms with van der Waals surface area (Å²) in [5, 5.41) is 16.0. The fraction of sp³-hybridized carbons (Fsp3) is 0.300. The lowest BCUT2D eigenvalue weighted by molar-refractivity contribution is -0.385. The van der Waals surface area contributed by atoms with Crippen LogP contribution < -0.4 is 10.6 Å². The number of anilines is 1. The largest absolute Gasteiger partial charge is 0.462 e. The molecular weight excluding hydrogens is 442 g/mol. The predicted molar refractivity (Wildman–Crippen MR) is 115 cm³/mol. The molecule has 0 bridgehead atoms. The topological polar surface area (TPSA) is 154 Å². The van der Waals surface area contributed by atoms with Crippen LogP contribution in [0.2, 0.25) is 0 Å². The number of rotatable bonds is 9. The van der Waals surface area contributed by atoms with E-state index in [9.17, 15) is 29.3 Å². The number of nitrogens with one attached hydrogen (secondary N) is 2. The summed E-state index contributed by atoms with van der Waals surface area (Å²) in [6.45, 7) is 2.58. The average molecular weight is 463 g/mol. The summed E-state index contributed by atoms with van der Waals surface area (Å²) in [6, 6.07) is 5.69. The van der Waals surface area contributed by atoms with Crippen LogP contribution in [0.25, 0.3) is 0 Å². The molecule has 32 heavy (non-hydrogen) atoms. The van der Waals surface area contributed by atoms with Crippen molar-refractivity contribution in [3.05, 3.63) is 55.9 Å². The molecule has 0 unspecified atom stereocenters. The SMILES string of the molecule is CCOC(=O)c1c(NC(=O)COC(=O)Cc2ccccc2[N+](=O)[O-])sc(C(=O)NC)c1C. The Morgan fingerprint density at radius 3 is 2.47 bits per heavy atom. The van der Waals surface area contributed by atoms with Crippen molar-refractivity contribution in [3.8, 4) is 0 Å². The minimum absolute atomic E-state index is 0.0371. The zero-order chi connectivity index (χ0) is 23.8. The maximum Gasteiger partial charge on any atom is 0.341 e. The second-order valence-corrected chi connectivity index (χ2v) is 7.35. The number of nitrogens with zero attached hydrogens (tertiary/aromatic N) is 1. The molecule has 12 heteroatoms. The van der Waals surface area contributed by atoms with Gasteiger partial charge in [0, 0.05) is 18.7 Å². The molecule has 1 aromatic carbocycles. The number of carbonyl (C=O) groups is 4. The summed E-state index contributed by atoms with van der Waals surface area (Å²) in [5.74, 6) is -2.74. The molecule has 0 aliphatic carbocycles. The van der Waals surface area contributed by atoms with Gasteiger partial charge in [0.15, 0.2) is 6.61 Å². The van der Waals surface area contributed by atoms with Crippen LogP contribution in [0.15, 0.2) is 24.3 Å². The van der Waals surface area contributed by atoms with Gasteiger partial charge in [-0.2, -0.15) is 0 Å². The van der Waals surface area contributed by atoms with Gasteiger partial charge in [0.25, 0.3) is 17.5 Å². The third-order valence-electron chi connectivity index (χ3n) is 4.20. The number of para-hydroxylation sites is 1. The van der Waals surface area contributed by atoms with Gasteiger partial charge in [-0.15, -0.1) is 11.3 Å². The normalized spacial score (nSPS) is 10.2. The van der Waals surface area contributed by atoms with E-state index in [1.165, 1.54) is 25.2 Å². The first-order chi connectivity index (χ1) is 15.2.